The van der Waals surface area contributed by atoms with Crippen LogP contribution in [0.4, 0.5) is 0 Å². The fraction of sp³-hybridized carbons (Fsp3) is 0.714. The molecule has 58 valence electrons. The Kier molecular flexibility index (Phi) is 3.69. The fourth-order valence-electron chi connectivity index (χ4n) is 0.441. The van der Waals surface area contributed by atoms with E-state index >= 15 is 0 Å². The van der Waals surface area contributed by atoms with Crippen molar-refractivity contribution < 1.29 is 9.59 Å². The van der Waals surface area contributed by atoms with E-state index in [0.717, 1.165) is 0 Å². The van der Waals surface area contributed by atoms with Gasteiger partial charge in [0, 0.05) is 19.4 Å². The molecule has 0 saturated carbocycles. The second-order valence-electron chi connectivity index (χ2n) is 2.45. The molecular weight excluding hydrogens is 130 g/mol. The summed E-state index contributed by atoms with van der Waals surface area (Å²) in [5.74, 6) is -0.0502. The van der Waals surface area contributed by atoms with Gasteiger partial charge >= 0.3 is 0 Å². The van der Waals surface area contributed by atoms with Crippen molar-refractivity contribution in [3.05, 3.63) is 0 Å². The second kappa shape index (κ2) is 4.04. The summed E-state index contributed by atoms with van der Waals surface area (Å²) in [5, 5.41) is 2.57. The van der Waals surface area contributed by atoms with Crippen molar-refractivity contribution in [3.8, 4) is 0 Å². The van der Waals surface area contributed by atoms with Crippen molar-refractivity contribution in [2.75, 3.05) is 6.54 Å². The van der Waals surface area contributed by atoms with Gasteiger partial charge in [-0.3, -0.25) is 9.59 Å². The summed E-state index contributed by atoms with van der Waals surface area (Å²) in [7, 11) is 0. The van der Waals surface area contributed by atoms with Gasteiger partial charge in [0.25, 0.3) is 0 Å². The standard InChI is InChI=1S/C7H13NO2/c1-5(6(2)9)4-8-7(3)10/h5H,4H2,1-3H3,(H,8,10)/t5-/m1/s1. The van der Waals surface area contributed by atoms with Gasteiger partial charge in [-0.25, -0.2) is 0 Å². The van der Waals surface area contributed by atoms with Crippen LogP contribution in [0.25, 0.3) is 0 Å². The molecule has 0 spiro atoms. The number of carbonyl (C=O) groups excluding carboxylic acids is 2. The summed E-state index contributed by atoms with van der Waals surface area (Å²) in [6.45, 7) is 5.20. The highest BCUT2D eigenvalue weighted by atomic mass is 16.1. The lowest BCUT2D eigenvalue weighted by Crippen LogP contribution is -2.28. The van der Waals surface area contributed by atoms with E-state index in [1.54, 1.807) is 6.92 Å². The Labute approximate surface area is 60.8 Å². The summed E-state index contributed by atoms with van der Waals surface area (Å²) in [6, 6.07) is 0. The van der Waals surface area contributed by atoms with Gasteiger partial charge in [0.2, 0.25) is 5.91 Å². The van der Waals surface area contributed by atoms with Crippen LogP contribution in [0, 0.1) is 5.92 Å². The number of nitrogens with one attached hydrogen (secondary N) is 1. The summed E-state index contributed by atoms with van der Waals surface area (Å²) in [6.07, 6.45) is 0. The predicted octanol–water partition coefficient (Wildman–Crippen LogP) is 0.348. The Morgan fingerprint density at radius 3 is 2.20 bits per heavy atom. The van der Waals surface area contributed by atoms with E-state index in [9.17, 15) is 9.59 Å². The van der Waals surface area contributed by atoms with Gasteiger partial charge in [-0.2, -0.15) is 0 Å². The minimum absolute atomic E-state index is 0.0658. The molecule has 0 aliphatic rings. The maximum Gasteiger partial charge on any atom is 0.216 e. The molecule has 0 fully saturated rings. The Bertz CT molecular complexity index is 143. The first kappa shape index (κ1) is 9.14. The third kappa shape index (κ3) is 4.06. The molecule has 3 heteroatoms. The van der Waals surface area contributed by atoms with Gasteiger partial charge in [-0.15, -0.1) is 0 Å². The zero-order chi connectivity index (χ0) is 8.15. The predicted molar refractivity (Wildman–Crippen MR) is 38.5 cm³/mol. The van der Waals surface area contributed by atoms with E-state index in [-0.39, 0.29) is 17.6 Å². The van der Waals surface area contributed by atoms with Gasteiger partial charge in [0.05, 0.1) is 0 Å². The van der Waals surface area contributed by atoms with Crippen LogP contribution < -0.4 is 5.32 Å². The summed E-state index contributed by atoms with van der Waals surface area (Å²) in [4.78, 5) is 21.0. The zero-order valence-corrected chi connectivity index (χ0v) is 6.60. The van der Waals surface area contributed by atoms with Gasteiger partial charge in [-0.1, -0.05) is 6.92 Å². The van der Waals surface area contributed by atoms with Gasteiger partial charge in [-0.05, 0) is 6.92 Å². The molecule has 10 heavy (non-hydrogen) atoms. The van der Waals surface area contributed by atoms with Crippen LogP contribution in [-0.2, 0) is 9.59 Å². The largest absolute Gasteiger partial charge is 0.356 e. The van der Waals surface area contributed by atoms with Crippen LogP contribution in [-0.4, -0.2) is 18.2 Å². The normalized spacial score (nSPS) is 12.3. The Balaban J connectivity index is 3.49. The molecule has 0 unspecified atom stereocenters. The SMILES string of the molecule is CC(=O)NC[C@@H](C)C(C)=O. The fourth-order valence-corrected chi connectivity index (χ4v) is 0.441. The molecule has 0 aromatic carbocycles. The first-order valence-corrected chi connectivity index (χ1v) is 3.29. The van der Waals surface area contributed by atoms with Gasteiger partial charge in [0.1, 0.15) is 5.78 Å². The molecule has 3 nitrogen and oxygen atoms in total. The monoisotopic (exact) mass is 143 g/mol. The molecule has 1 amide bonds. The number of rotatable bonds is 3. The lowest BCUT2D eigenvalue weighted by Gasteiger charge is -2.06. The van der Waals surface area contributed by atoms with Crippen LogP contribution in [0.2, 0.25) is 0 Å². The van der Waals surface area contributed by atoms with Crippen LogP contribution in [0.5, 0.6) is 0 Å². The number of amides is 1. The highest BCUT2D eigenvalue weighted by Crippen LogP contribution is 1.92. The third-order valence-corrected chi connectivity index (χ3v) is 1.35. The van der Waals surface area contributed by atoms with Crippen molar-refractivity contribution in [2.45, 2.75) is 20.8 Å². The topological polar surface area (TPSA) is 46.2 Å². The molecule has 0 aromatic heterocycles. The zero-order valence-electron chi connectivity index (χ0n) is 6.60. The number of Topliss-reactive ketones (excluding diaryl/α,β-unsaturated/α-hetero) is 1. The maximum absolute atomic E-state index is 10.6. The van der Waals surface area contributed by atoms with Crippen molar-refractivity contribution in [1.82, 2.24) is 5.32 Å². The van der Waals surface area contributed by atoms with Crippen LogP contribution in [0.15, 0.2) is 0 Å². The number of carbonyl (C=O) groups is 2. The van der Waals surface area contributed by atoms with Crippen LogP contribution in [0.3, 0.4) is 0 Å². The highest BCUT2D eigenvalue weighted by Gasteiger charge is 2.06. The average Bonchev–Trinajstić information content (AvgIpc) is 1.82. The number of hydrogen-bond acceptors (Lipinski definition) is 2. The molecule has 0 saturated heterocycles. The summed E-state index contributed by atoms with van der Waals surface area (Å²) >= 11 is 0. The van der Waals surface area contributed by atoms with Gasteiger partial charge in [0.15, 0.2) is 0 Å². The van der Waals surface area contributed by atoms with Crippen molar-refractivity contribution >= 4 is 11.7 Å². The van der Waals surface area contributed by atoms with E-state index in [4.69, 9.17) is 0 Å². The van der Waals surface area contributed by atoms with E-state index in [0.29, 0.717) is 6.54 Å². The highest BCUT2D eigenvalue weighted by molar-refractivity contribution is 5.79. The first-order valence-electron chi connectivity index (χ1n) is 3.29. The Morgan fingerprint density at radius 2 is 1.90 bits per heavy atom. The average molecular weight is 143 g/mol. The minimum Gasteiger partial charge on any atom is -0.356 e. The molecule has 1 N–H and O–H groups in total. The molecule has 0 aromatic rings. The smallest absolute Gasteiger partial charge is 0.216 e. The summed E-state index contributed by atoms with van der Waals surface area (Å²) < 4.78 is 0. The van der Waals surface area contributed by atoms with Crippen LogP contribution in [0.1, 0.15) is 20.8 Å². The van der Waals surface area contributed by atoms with E-state index in [1.165, 1.54) is 13.8 Å². The lowest BCUT2D eigenvalue weighted by molar-refractivity contribution is -0.121. The molecule has 0 bridgehead atoms. The van der Waals surface area contributed by atoms with Crippen LogP contribution >= 0.6 is 0 Å². The molecular formula is C7H13NO2. The quantitative estimate of drug-likeness (QED) is 0.619. The maximum atomic E-state index is 10.6. The van der Waals surface area contributed by atoms with E-state index in [2.05, 4.69) is 5.32 Å². The second-order valence-corrected chi connectivity index (χ2v) is 2.45. The third-order valence-electron chi connectivity index (χ3n) is 1.35. The molecule has 0 rings (SSSR count). The van der Waals surface area contributed by atoms with E-state index < -0.39 is 0 Å². The Hall–Kier alpha value is -0.860. The van der Waals surface area contributed by atoms with E-state index in [1.807, 2.05) is 0 Å². The van der Waals surface area contributed by atoms with Crippen molar-refractivity contribution in [1.29, 1.82) is 0 Å². The summed E-state index contributed by atoms with van der Waals surface area (Å²) in [5.41, 5.74) is 0. The number of ketones is 1. The molecule has 0 aliphatic carbocycles. The molecule has 1 atom stereocenters. The molecule has 0 aliphatic heterocycles. The molecule has 0 heterocycles. The molecule has 0 radical (unpaired) electrons. The van der Waals surface area contributed by atoms with Gasteiger partial charge < -0.3 is 5.32 Å². The Morgan fingerprint density at radius 1 is 1.40 bits per heavy atom. The van der Waals surface area contributed by atoms with Crippen molar-refractivity contribution in [3.63, 3.8) is 0 Å². The minimum atomic E-state index is -0.0897. The lowest BCUT2D eigenvalue weighted by atomic mass is 10.1. The first-order chi connectivity index (χ1) is 4.54. The van der Waals surface area contributed by atoms with Crippen molar-refractivity contribution in [2.24, 2.45) is 5.92 Å². The number of hydrogen-bond donors (Lipinski definition) is 1.